The molecule has 1 aromatic rings. The molecule has 0 aromatic carbocycles. The summed E-state index contributed by atoms with van der Waals surface area (Å²) in [6.45, 7) is 2.36. The van der Waals surface area contributed by atoms with Gasteiger partial charge in [0.25, 0.3) is 0 Å². The molecule has 1 saturated carbocycles. The zero-order valence-electron chi connectivity index (χ0n) is 9.08. The summed E-state index contributed by atoms with van der Waals surface area (Å²) in [7, 11) is 0. The minimum Gasteiger partial charge on any atom is -0.316 e. The molecule has 1 aliphatic carbocycles. The standard InChI is InChI=1S/C13H18N2/c1-2-6-13(5-1)10-15-9-12(13)11-4-3-7-14-8-11/h3-4,7-8,12,15H,1-2,5-6,9-10H2. The van der Waals surface area contributed by atoms with E-state index >= 15 is 0 Å². The summed E-state index contributed by atoms with van der Waals surface area (Å²) in [6.07, 6.45) is 9.56. The van der Waals surface area contributed by atoms with Gasteiger partial charge >= 0.3 is 0 Å². The molecule has 1 saturated heterocycles. The van der Waals surface area contributed by atoms with Crippen molar-refractivity contribution in [1.82, 2.24) is 10.3 Å². The number of pyridine rings is 1. The van der Waals surface area contributed by atoms with E-state index in [0.29, 0.717) is 11.3 Å². The van der Waals surface area contributed by atoms with Crippen LogP contribution < -0.4 is 5.32 Å². The first-order valence-corrected chi connectivity index (χ1v) is 6.01. The van der Waals surface area contributed by atoms with E-state index in [1.165, 1.54) is 37.8 Å². The van der Waals surface area contributed by atoms with Crippen LogP contribution in [0.4, 0.5) is 0 Å². The summed E-state index contributed by atoms with van der Waals surface area (Å²) >= 11 is 0. The molecular formula is C13H18N2. The number of nitrogens with one attached hydrogen (secondary N) is 1. The molecule has 1 unspecified atom stereocenters. The highest BCUT2D eigenvalue weighted by atomic mass is 14.9. The highest BCUT2D eigenvalue weighted by molar-refractivity contribution is 5.22. The normalized spacial score (nSPS) is 28.7. The minimum absolute atomic E-state index is 0.559. The molecule has 2 nitrogen and oxygen atoms in total. The number of hydrogen-bond acceptors (Lipinski definition) is 2. The average Bonchev–Trinajstić information content (AvgIpc) is 2.91. The summed E-state index contributed by atoms with van der Waals surface area (Å²) in [5.74, 6) is 0.702. The molecule has 15 heavy (non-hydrogen) atoms. The number of nitrogens with zero attached hydrogens (tertiary/aromatic N) is 1. The lowest BCUT2D eigenvalue weighted by Crippen LogP contribution is -2.25. The van der Waals surface area contributed by atoms with Crippen LogP contribution in [-0.4, -0.2) is 18.1 Å². The molecule has 1 atom stereocenters. The van der Waals surface area contributed by atoms with Crippen LogP contribution in [0.5, 0.6) is 0 Å². The zero-order chi connectivity index (χ0) is 10.1. The third kappa shape index (κ3) is 1.48. The fraction of sp³-hybridized carbons (Fsp3) is 0.615. The Balaban J connectivity index is 1.92. The van der Waals surface area contributed by atoms with Crippen LogP contribution in [0.25, 0.3) is 0 Å². The fourth-order valence-electron chi connectivity index (χ4n) is 3.46. The van der Waals surface area contributed by atoms with Crippen LogP contribution in [0.2, 0.25) is 0 Å². The molecule has 1 N–H and O–H groups in total. The summed E-state index contributed by atoms with van der Waals surface area (Å²) in [5, 5.41) is 3.58. The van der Waals surface area contributed by atoms with Gasteiger partial charge in [-0.2, -0.15) is 0 Å². The van der Waals surface area contributed by atoms with Crippen LogP contribution in [0.3, 0.4) is 0 Å². The van der Waals surface area contributed by atoms with E-state index in [1.807, 2.05) is 6.20 Å². The van der Waals surface area contributed by atoms with Gasteiger partial charge in [0, 0.05) is 31.4 Å². The van der Waals surface area contributed by atoms with E-state index < -0.39 is 0 Å². The lowest BCUT2D eigenvalue weighted by atomic mass is 9.74. The van der Waals surface area contributed by atoms with Crippen LogP contribution in [0, 0.1) is 5.41 Å². The molecule has 2 heterocycles. The zero-order valence-corrected chi connectivity index (χ0v) is 9.08. The Morgan fingerprint density at radius 1 is 1.33 bits per heavy atom. The van der Waals surface area contributed by atoms with Crippen LogP contribution >= 0.6 is 0 Å². The van der Waals surface area contributed by atoms with E-state index in [9.17, 15) is 0 Å². The van der Waals surface area contributed by atoms with Crippen molar-refractivity contribution in [2.75, 3.05) is 13.1 Å². The van der Waals surface area contributed by atoms with Crippen molar-refractivity contribution in [3.63, 3.8) is 0 Å². The molecular weight excluding hydrogens is 184 g/mol. The number of aromatic nitrogens is 1. The molecule has 0 radical (unpaired) electrons. The Morgan fingerprint density at radius 2 is 2.20 bits per heavy atom. The predicted molar refractivity (Wildman–Crippen MR) is 60.7 cm³/mol. The molecule has 2 aliphatic rings. The Morgan fingerprint density at radius 3 is 2.93 bits per heavy atom. The van der Waals surface area contributed by atoms with E-state index in [0.717, 1.165) is 6.54 Å². The van der Waals surface area contributed by atoms with Crippen molar-refractivity contribution >= 4 is 0 Å². The van der Waals surface area contributed by atoms with Gasteiger partial charge in [0.2, 0.25) is 0 Å². The van der Waals surface area contributed by atoms with E-state index in [2.05, 4.69) is 28.6 Å². The van der Waals surface area contributed by atoms with Crippen molar-refractivity contribution < 1.29 is 0 Å². The highest BCUT2D eigenvalue weighted by Gasteiger charge is 2.45. The van der Waals surface area contributed by atoms with E-state index in [4.69, 9.17) is 0 Å². The largest absolute Gasteiger partial charge is 0.316 e. The Bertz CT molecular complexity index is 322. The lowest BCUT2D eigenvalue weighted by Gasteiger charge is -2.30. The maximum absolute atomic E-state index is 4.26. The van der Waals surface area contributed by atoms with Crippen molar-refractivity contribution in [1.29, 1.82) is 0 Å². The second kappa shape index (κ2) is 3.60. The fourth-order valence-corrected chi connectivity index (χ4v) is 3.46. The second-order valence-electron chi connectivity index (χ2n) is 5.04. The third-order valence-corrected chi connectivity index (χ3v) is 4.25. The summed E-state index contributed by atoms with van der Waals surface area (Å²) < 4.78 is 0. The van der Waals surface area contributed by atoms with Crippen molar-refractivity contribution in [2.24, 2.45) is 5.41 Å². The Labute approximate surface area is 91.1 Å². The topological polar surface area (TPSA) is 24.9 Å². The maximum atomic E-state index is 4.26. The van der Waals surface area contributed by atoms with Gasteiger partial charge < -0.3 is 5.32 Å². The first kappa shape index (κ1) is 9.34. The molecule has 1 aliphatic heterocycles. The number of hydrogen-bond donors (Lipinski definition) is 1. The summed E-state index contributed by atoms with van der Waals surface area (Å²) in [5.41, 5.74) is 1.99. The van der Waals surface area contributed by atoms with E-state index in [-0.39, 0.29) is 0 Å². The maximum Gasteiger partial charge on any atom is 0.0303 e. The molecule has 0 bridgehead atoms. The Hall–Kier alpha value is -0.890. The average molecular weight is 202 g/mol. The number of rotatable bonds is 1. The van der Waals surface area contributed by atoms with Gasteiger partial charge in [-0.05, 0) is 29.9 Å². The first-order valence-electron chi connectivity index (χ1n) is 6.01. The van der Waals surface area contributed by atoms with Gasteiger partial charge in [0.15, 0.2) is 0 Å². The van der Waals surface area contributed by atoms with Gasteiger partial charge in [-0.15, -0.1) is 0 Å². The monoisotopic (exact) mass is 202 g/mol. The van der Waals surface area contributed by atoms with Crippen LogP contribution in [0.1, 0.15) is 37.2 Å². The Kier molecular flexibility index (Phi) is 2.24. The van der Waals surface area contributed by atoms with Crippen LogP contribution in [-0.2, 0) is 0 Å². The molecule has 3 rings (SSSR count). The quantitative estimate of drug-likeness (QED) is 0.756. The third-order valence-electron chi connectivity index (χ3n) is 4.25. The van der Waals surface area contributed by atoms with Gasteiger partial charge in [-0.3, -0.25) is 4.98 Å². The van der Waals surface area contributed by atoms with E-state index in [1.54, 1.807) is 0 Å². The minimum atomic E-state index is 0.559. The summed E-state index contributed by atoms with van der Waals surface area (Å²) in [4.78, 5) is 4.26. The molecule has 1 aromatic heterocycles. The van der Waals surface area contributed by atoms with Gasteiger partial charge in [0.1, 0.15) is 0 Å². The predicted octanol–water partition coefficient (Wildman–Crippen LogP) is 2.33. The molecule has 2 heteroatoms. The van der Waals surface area contributed by atoms with Crippen molar-refractivity contribution in [3.8, 4) is 0 Å². The van der Waals surface area contributed by atoms with Gasteiger partial charge in [-0.25, -0.2) is 0 Å². The molecule has 1 spiro atoms. The highest BCUT2D eigenvalue weighted by Crippen LogP contribution is 2.50. The SMILES string of the molecule is c1cncc(C2CNCC23CCCC3)c1. The second-order valence-corrected chi connectivity index (χ2v) is 5.04. The first-order chi connectivity index (χ1) is 7.41. The smallest absolute Gasteiger partial charge is 0.0303 e. The van der Waals surface area contributed by atoms with Crippen molar-refractivity contribution in [2.45, 2.75) is 31.6 Å². The lowest BCUT2D eigenvalue weighted by molar-refractivity contribution is 0.294. The van der Waals surface area contributed by atoms with Gasteiger partial charge in [-0.1, -0.05) is 18.9 Å². The van der Waals surface area contributed by atoms with Crippen molar-refractivity contribution in [3.05, 3.63) is 30.1 Å². The van der Waals surface area contributed by atoms with Crippen LogP contribution in [0.15, 0.2) is 24.5 Å². The molecule has 2 fully saturated rings. The molecule has 80 valence electrons. The van der Waals surface area contributed by atoms with Gasteiger partial charge in [0.05, 0.1) is 0 Å². The summed E-state index contributed by atoms with van der Waals surface area (Å²) in [6, 6.07) is 4.31. The molecule has 0 amide bonds.